The predicted molar refractivity (Wildman–Crippen MR) is 69.0 cm³/mol. The zero-order valence-corrected chi connectivity index (χ0v) is 10.7. The summed E-state index contributed by atoms with van der Waals surface area (Å²) in [7, 11) is 0. The molecule has 90 valence electrons. The standard InChI is InChI=1S/C12H15ClN4/c1-12(2,7-3-4-7)17-10-9(16-11(17)14)5-8(13)6-15-10/h5-7H,3-4H2,1-2H3,(H2,14,16). The zero-order chi connectivity index (χ0) is 12.2. The van der Waals surface area contributed by atoms with Crippen LogP contribution >= 0.6 is 11.6 Å². The second-order valence-electron chi connectivity index (χ2n) is 5.23. The molecular weight excluding hydrogens is 236 g/mol. The number of imidazole rings is 1. The van der Waals surface area contributed by atoms with Crippen molar-refractivity contribution < 1.29 is 0 Å². The van der Waals surface area contributed by atoms with E-state index >= 15 is 0 Å². The van der Waals surface area contributed by atoms with Gasteiger partial charge in [0.1, 0.15) is 5.52 Å². The summed E-state index contributed by atoms with van der Waals surface area (Å²) in [5.41, 5.74) is 7.59. The van der Waals surface area contributed by atoms with Crippen LogP contribution in [-0.2, 0) is 5.54 Å². The van der Waals surface area contributed by atoms with Crippen molar-refractivity contribution in [1.82, 2.24) is 14.5 Å². The van der Waals surface area contributed by atoms with Gasteiger partial charge in [-0.25, -0.2) is 9.97 Å². The molecule has 0 bridgehead atoms. The highest BCUT2D eigenvalue weighted by Crippen LogP contribution is 2.45. The van der Waals surface area contributed by atoms with E-state index in [1.807, 2.05) is 4.57 Å². The molecule has 0 aliphatic heterocycles. The monoisotopic (exact) mass is 250 g/mol. The topological polar surface area (TPSA) is 56.7 Å². The third-order valence-corrected chi connectivity index (χ3v) is 3.85. The molecule has 3 rings (SSSR count). The van der Waals surface area contributed by atoms with Crippen molar-refractivity contribution in [3.05, 3.63) is 17.3 Å². The van der Waals surface area contributed by atoms with Crippen LogP contribution in [0.5, 0.6) is 0 Å². The fourth-order valence-corrected chi connectivity index (χ4v) is 2.65. The summed E-state index contributed by atoms with van der Waals surface area (Å²) < 4.78 is 2.04. The summed E-state index contributed by atoms with van der Waals surface area (Å²) in [5.74, 6) is 1.19. The average molecular weight is 251 g/mol. The first-order chi connectivity index (χ1) is 8.00. The lowest BCUT2D eigenvalue weighted by molar-refractivity contribution is 0.316. The van der Waals surface area contributed by atoms with E-state index in [1.165, 1.54) is 12.8 Å². The van der Waals surface area contributed by atoms with Crippen molar-refractivity contribution >= 4 is 28.7 Å². The Kier molecular flexibility index (Phi) is 2.14. The van der Waals surface area contributed by atoms with Crippen molar-refractivity contribution in [2.45, 2.75) is 32.2 Å². The fourth-order valence-electron chi connectivity index (χ4n) is 2.50. The number of aromatic nitrogens is 3. The molecule has 1 fully saturated rings. The Balaban J connectivity index is 2.24. The maximum atomic E-state index is 6.02. The zero-order valence-electron chi connectivity index (χ0n) is 9.94. The minimum absolute atomic E-state index is 0.0281. The van der Waals surface area contributed by atoms with E-state index in [0.717, 1.165) is 11.2 Å². The third-order valence-electron chi connectivity index (χ3n) is 3.64. The van der Waals surface area contributed by atoms with Crippen LogP contribution in [0.2, 0.25) is 5.02 Å². The van der Waals surface area contributed by atoms with Crippen LogP contribution in [0.1, 0.15) is 26.7 Å². The molecule has 17 heavy (non-hydrogen) atoms. The maximum absolute atomic E-state index is 6.02. The Morgan fingerprint density at radius 2 is 2.18 bits per heavy atom. The van der Waals surface area contributed by atoms with Gasteiger partial charge in [0.15, 0.2) is 5.65 Å². The van der Waals surface area contributed by atoms with Gasteiger partial charge < -0.3 is 5.73 Å². The Hall–Kier alpha value is -1.29. The Morgan fingerprint density at radius 1 is 1.47 bits per heavy atom. The van der Waals surface area contributed by atoms with Crippen LogP contribution in [0, 0.1) is 5.92 Å². The number of fused-ring (bicyclic) bond motifs is 1. The number of hydrogen-bond donors (Lipinski definition) is 1. The van der Waals surface area contributed by atoms with E-state index in [4.69, 9.17) is 17.3 Å². The van der Waals surface area contributed by atoms with Gasteiger partial charge in [0, 0.05) is 11.7 Å². The lowest BCUT2D eigenvalue weighted by atomic mass is 9.98. The summed E-state index contributed by atoms with van der Waals surface area (Å²) >= 11 is 5.92. The molecule has 1 aliphatic rings. The lowest BCUT2D eigenvalue weighted by Crippen LogP contribution is -2.30. The van der Waals surface area contributed by atoms with Crippen molar-refractivity contribution in [2.24, 2.45) is 5.92 Å². The number of nitrogens with zero attached hydrogens (tertiary/aromatic N) is 3. The van der Waals surface area contributed by atoms with Crippen LogP contribution in [-0.4, -0.2) is 14.5 Å². The normalized spacial score (nSPS) is 16.6. The summed E-state index contributed by atoms with van der Waals surface area (Å²) in [5, 5.41) is 0.589. The van der Waals surface area contributed by atoms with Gasteiger partial charge in [-0.2, -0.15) is 0 Å². The SMILES string of the molecule is CC(C)(C1CC1)n1c(N)nc2cc(Cl)cnc21. The fraction of sp³-hybridized carbons (Fsp3) is 0.500. The first-order valence-electron chi connectivity index (χ1n) is 5.80. The second kappa shape index (κ2) is 3.35. The van der Waals surface area contributed by atoms with Crippen LogP contribution in [0.25, 0.3) is 11.2 Å². The Morgan fingerprint density at radius 3 is 2.82 bits per heavy atom. The van der Waals surface area contributed by atoms with Crippen molar-refractivity contribution in [1.29, 1.82) is 0 Å². The average Bonchev–Trinajstić information content (AvgIpc) is 3.01. The molecule has 0 spiro atoms. The molecule has 0 saturated heterocycles. The molecule has 4 nitrogen and oxygen atoms in total. The molecule has 0 amide bonds. The second-order valence-corrected chi connectivity index (χ2v) is 5.67. The number of nitrogen functional groups attached to an aromatic ring is 1. The highest BCUT2D eigenvalue weighted by atomic mass is 35.5. The minimum atomic E-state index is -0.0281. The largest absolute Gasteiger partial charge is 0.369 e. The first-order valence-corrected chi connectivity index (χ1v) is 6.18. The van der Waals surface area contributed by atoms with Gasteiger partial charge in [0.2, 0.25) is 5.95 Å². The molecule has 0 unspecified atom stereocenters. The molecule has 0 atom stereocenters. The molecule has 0 radical (unpaired) electrons. The molecule has 2 aromatic heterocycles. The summed E-state index contributed by atoms with van der Waals surface area (Å²) in [4.78, 5) is 8.71. The number of halogens is 1. The number of rotatable bonds is 2. The Labute approximate surface area is 105 Å². The van der Waals surface area contributed by atoms with Gasteiger partial charge in [-0.1, -0.05) is 11.6 Å². The third kappa shape index (κ3) is 1.59. The van der Waals surface area contributed by atoms with Gasteiger partial charge in [0.05, 0.1) is 5.02 Å². The van der Waals surface area contributed by atoms with E-state index in [2.05, 4.69) is 23.8 Å². The van der Waals surface area contributed by atoms with E-state index in [-0.39, 0.29) is 5.54 Å². The van der Waals surface area contributed by atoms with E-state index in [0.29, 0.717) is 16.9 Å². The molecule has 1 aliphatic carbocycles. The number of hydrogen-bond acceptors (Lipinski definition) is 3. The summed E-state index contributed by atoms with van der Waals surface area (Å²) in [6, 6.07) is 1.81. The van der Waals surface area contributed by atoms with Gasteiger partial charge in [-0.05, 0) is 38.7 Å². The quantitative estimate of drug-likeness (QED) is 0.892. The molecule has 2 N–H and O–H groups in total. The van der Waals surface area contributed by atoms with Gasteiger partial charge in [-0.15, -0.1) is 0 Å². The van der Waals surface area contributed by atoms with Crippen LogP contribution < -0.4 is 5.73 Å². The van der Waals surface area contributed by atoms with Gasteiger partial charge >= 0.3 is 0 Å². The summed E-state index contributed by atoms with van der Waals surface area (Å²) in [6.07, 6.45) is 4.14. The molecular formula is C12H15ClN4. The van der Waals surface area contributed by atoms with Crippen LogP contribution in [0.15, 0.2) is 12.3 Å². The van der Waals surface area contributed by atoms with Crippen LogP contribution in [0.3, 0.4) is 0 Å². The minimum Gasteiger partial charge on any atom is -0.369 e. The number of anilines is 1. The Bertz CT molecular complexity index is 583. The van der Waals surface area contributed by atoms with Crippen LogP contribution in [0.4, 0.5) is 5.95 Å². The summed E-state index contributed by atoms with van der Waals surface area (Å²) in [6.45, 7) is 4.39. The predicted octanol–water partition coefficient (Wildman–Crippen LogP) is 2.81. The van der Waals surface area contributed by atoms with Gasteiger partial charge in [0.25, 0.3) is 0 Å². The number of pyridine rings is 1. The smallest absolute Gasteiger partial charge is 0.202 e. The highest BCUT2D eigenvalue weighted by Gasteiger charge is 2.41. The molecule has 1 saturated carbocycles. The lowest BCUT2D eigenvalue weighted by Gasteiger charge is -2.27. The molecule has 2 aromatic rings. The highest BCUT2D eigenvalue weighted by molar-refractivity contribution is 6.31. The van der Waals surface area contributed by atoms with Crippen molar-refractivity contribution in [2.75, 3.05) is 5.73 Å². The number of nitrogens with two attached hydrogens (primary N) is 1. The van der Waals surface area contributed by atoms with Crippen molar-refractivity contribution in [3.8, 4) is 0 Å². The molecule has 2 heterocycles. The van der Waals surface area contributed by atoms with E-state index < -0.39 is 0 Å². The molecule has 5 heteroatoms. The molecule has 0 aromatic carbocycles. The van der Waals surface area contributed by atoms with E-state index in [9.17, 15) is 0 Å². The van der Waals surface area contributed by atoms with Gasteiger partial charge in [-0.3, -0.25) is 4.57 Å². The van der Waals surface area contributed by atoms with Crippen molar-refractivity contribution in [3.63, 3.8) is 0 Å². The maximum Gasteiger partial charge on any atom is 0.202 e. The first kappa shape index (κ1) is 10.8. The van der Waals surface area contributed by atoms with E-state index in [1.54, 1.807) is 12.3 Å².